The Bertz CT molecular complexity index is 1140. The first-order chi connectivity index (χ1) is 18.3. The van der Waals surface area contributed by atoms with Crippen molar-refractivity contribution < 1.29 is 23.9 Å². The van der Waals surface area contributed by atoms with Crippen molar-refractivity contribution in [1.29, 1.82) is 0 Å². The summed E-state index contributed by atoms with van der Waals surface area (Å²) in [6.07, 6.45) is 16.2. The summed E-state index contributed by atoms with van der Waals surface area (Å²) in [5.41, 5.74) is -0.846. The van der Waals surface area contributed by atoms with E-state index < -0.39 is 17.3 Å². The molecular weight excluding hydrogens is 488 g/mol. The Labute approximate surface area is 234 Å². The summed E-state index contributed by atoms with van der Waals surface area (Å²) in [5.74, 6) is 1.10. The molecule has 1 heterocycles. The van der Waals surface area contributed by atoms with Crippen LogP contribution in [0.1, 0.15) is 93.4 Å². The van der Waals surface area contributed by atoms with E-state index in [1.54, 1.807) is 0 Å². The zero-order valence-electron chi connectivity index (χ0n) is 25.0. The van der Waals surface area contributed by atoms with Gasteiger partial charge in [-0.05, 0) is 91.3 Å². The van der Waals surface area contributed by atoms with Crippen LogP contribution in [-0.2, 0) is 23.9 Å². The Balaban J connectivity index is 1.42. The van der Waals surface area contributed by atoms with Gasteiger partial charge in [0.2, 0.25) is 0 Å². The fraction of sp³-hybridized carbons (Fsp3) is 0.794. The minimum Gasteiger partial charge on any atom is -0.463 e. The SMILES string of the molecule is CC(=O)O[C@H]1CC[C@]2(C)[C@H]3CC[C@]4(C)[C@@H]([C@H](C)C=C[C@H](C)C(C)C)CC[C@H]4[C@@]34C=C[C@]2(C1)C1C(=O)OC(=O)C14. The van der Waals surface area contributed by atoms with E-state index in [2.05, 4.69) is 65.8 Å². The zero-order valence-corrected chi connectivity index (χ0v) is 25.0. The highest BCUT2D eigenvalue weighted by Crippen LogP contribution is 2.82. The molecule has 39 heavy (non-hydrogen) atoms. The lowest BCUT2D eigenvalue weighted by molar-refractivity contribution is -0.243. The standard InChI is InChI=1S/C34H48O5/c1-19(2)20(3)8-9-21(4)24-10-11-25-31(24,6)14-13-26-32(7)15-12-23(38-22(5)35)18-33(32)16-17-34(25,26)28-27(33)29(36)39-30(28)37/h8-9,16-17,19-21,23-28H,10-15,18H2,1-7H3/t20-,21+,23-,24+,25+,26+,27?,28?,31+,32+,33-,34-/m0/s1. The maximum Gasteiger partial charge on any atom is 0.318 e. The van der Waals surface area contributed by atoms with Gasteiger partial charge in [-0.2, -0.15) is 0 Å². The smallest absolute Gasteiger partial charge is 0.318 e. The number of allylic oxidation sites excluding steroid dienone is 4. The molecule has 7 aliphatic rings. The second-order valence-corrected chi connectivity index (χ2v) is 15.1. The van der Waals surface area contributed by atoms with E-state index in [0.29, 0.717) is 41.9 Å². The summed E-state index contributed by atoms with van der Waals surface area (Å²) >= 11 is 0. The number of fused-ring (bicyclic) bond motifs is 1. The van der Waals surface area contributed by atoms with Gasteiger partial charge in [-0.3, -0.25) is 14.4 Å². The third kappa shape index (κ3) is 3.40. The van der Waals surface area contributed by atoms with Gasteiger partial charge >= 0.3 is 17.9 Å². The number of hydrogen-bond donors (Lipinski definition) is 0. The van der Waals surface area contributed by atoms with Gasteiger partial charge in [0.1, 0.15) is 6.10 Å². The number of carbonyl (C=O) groups excluding carboxylic acids is 3. The van der Waals surface area contributed by atoms with E-state index in [-0.39, 0.29) is 40.3 Å². The lowest BCUT2D eigenvalue weighted by Crippen LogP contribution is -2.72. The summed E-state index contributed by atoms with van der Waals surface area (Å²) in [7, 11) is 0. The summed E-state index contributed by atoms with van der Waals surface area (Å²) in [6.45, 7) is 15.6. The minimum absolute atomic E-state index is 0.116. The largest absolute Gasteiger partial charge is 0.463 e. The van der Waals surface area contributed by atoms with Crippen LogP contribution in [0.15, 0.2) is 24.3 Å². The van der Waals surface area contributed by atoms with Gasteiger partial charge in [0.15, 0.2) is 0 Å². The molecule has 1 saturated heterocycles. The number of esters is 3. The Morgan fingerprint density at radius 3 is 2.36 bits per heavy atom. The van der Waals surface area contributed by atoms with Crippen LogP contribution in [0, 0.1) is 69.0 Å². The van der Waals surface area contributed by atoms with Crippen LogP contribution in [0.25, 0.3) is 0 Å². The predicted octanol–water partition coefficient (Wildman–Crippen LogP) is 6.91. The first-order valence-electron chi connectivity index (χ1n) is 15.6. The van der Waals surface area contributed by atoms with Crippen molar-refractivity contribution in [3.8, 4) is 0 Å². The number of carbonyl (C=O) groups is 3. The van der Waals surface area contributed by atoms with Gasteiger partial charge in [-0.25, -0.2) is 0 Å². The third-order valence-corrected chi connectivity index (χ3v) is 13.5. The molecule has 2 unspecified atom stereocenters. The highest BCUT2D eigenvalue weighted by Gasteiger charge is 2.81. The highest BCUT2D eigenvalue weighted by atomic mass is 16.6. The molecule has 214 valence electrons. The second-order valence-electron chi connectivity index (χ2n) is 15.1. The zero-order chi connectivity index (χ0) is 28.1. The fourth-order valence-corrected chi connectivity index (χ4v) is 11.5. The minimum atomic E-state index is -0.500. The summed E-state index contributed by atoms with van der Waals surface area (Å²) < 4.78 is 11.3. The Kier molecular flexibility index (Phi) is 6.15. The molecule has 5 nitrogen and oxygen atoms in total. The Hall–Kier alpha value is -1.91. The topological polar surface area (TPSA) is 69.7 Å². The number of rotatable bonds is 5. The molecule has 2 spiro atoms. The second kappa shape index (κ2) is 8.79. The van der Waals surface area contributed by atoms with Gasteiger partial charge in [0, 0.05) is 17.8 Å². The third-order valence-electron chi connectivity index (χ3n) is 13.5. The molecule has 7 rings (SSSR count). The van der Waals surface area contributed by atoms with E-state index in [4.69, 9.17) is 9.47 Å². The van der Waals surface area contributed by atoms with E-state index >= 15 is 0 Å². The van der Waals surface area contributed by atoms with Crippen LogP contribution >= 0.6 is 0 Å². The van der Waals surface area contributed by atoms with Crippen LogP contribution < -0.4 is 0 Å². The van der Waals surface area contributed by atoms with E-state index in [9.17, 15) is 14.4 Å². The molecule has 0 aromatic heterocycles. The van der Waals surface area contributed by atoms with Crippen molar-refractivity contribution in [2.75, 3.05) is 0 Å². The molecule has 0 radical (unpaired) electrons. The van der Waals surface area contributed by atoms with Gasteiger partial charge in [0.25, 0.3) is 0 Å². The molecule has 0 amide bonds. The molecule has 6 aliphatic carbocycles. The van der Waals surface area contributed by atoms with Crippen molar-refractivity contribution in [3.63, 3.8) is 0 Å². The van der Waals surface area contributed by atoms with E-state index in [1.165, 1.54) is 19.8 Å². The van der Waals surface area contributed by atoms with Crippen molar-refractivity contribution in [2.24, 2.45) is 69.0 Å². The number of hydrogen-bond acceptors (Lipinski definition) is 5. The predicted molar refractivity (Wildman–Crippen MR) is 149 cm³/mol. The van der Waals surface area contributed by atoms with Crippen LogP contribution in [0.3, 0.4) is 0 Å². The molecular formula is C34H48O5. The maximum absolute atomic E-state index is 13.7. The molecule has 0 aromatic carbocycles. The molecule has 0 N–H and O–H groups in total. The van der Waals surface area contributed by atoms with Crippen molar-refractivity contribution in [2.45, 2.75) is 99.5 Å². The molecule has 4 saturated carbocycles. The van der Waals surface area contributed by atoms with Crippen LogP contribution in [0.5, 0.6) is 0 Å². The average Bonchev–Trinajstić information content (AvgIpc) is 3.39. The summed E-state index contributed by atoms with van der Waals surface area (Å²) in [6, 6.07) is 0. The average molecular weight is 537 g/mol. The Morgan fingerprint density at radius 2 is 1.67 bits per heavy atom. The van der Waals surface area contributed by atoms with Crippen LogP contribution in [0.2, 0.25) is 0 Å². The van der Waals surface area contributed by atoms with Crippen LogP contribution in [0.4, 0.5) is 0 Å². The van der Waals surface area contributed by atoms with Crippen molar-refractivity contribution in [1.82, 2.24) is 0 Å². The molecule has 12 atom stereocenters. The lowest BCUT2D eigenvalue weighted by atomic mass is 9.28. The van der Waals surface area contributed by atoms with Crippen LogP contribution in [-0.4, -0.2) is 24.0 Å². The molecule has 5 fully saturated rings. The number of cyclic esters (lactones) is 2. The highest BCUT2D eigenvalue weighted by molar-refractivity contribution is 5.99. The summed E-state index contributed by atoms with van der Waals surface area (Å²) in [5, 5.41) is 0. The quantitative estimate of drug-likeness (QED) is 0.217. The van der Waals surface area contributed by atoms with Gasteiger partial charge < -0.3 is 9.47 Å². The first kappa shape index (κ1) is 27.3. The molecule has 5 heteroatoms. The molecule has 1 aliphatic heterocycles. The normalized spacial score (nSPS) is 49.3. The van der Waals surface area contributed by atoms with E-state index in [0.717, 1.165) is 25.7 Å². The molecule has 2 bridgehead atoms. The Morgan fingerprint density at radius 1 is 0.949 bits per heavy atom. The fourth-order valence-electron chi connectivity index (χ4n) is 11.5. The van der Waals surface area contributed by atoms with E-state index in [1.807, 2.05) is 0 Å². The van der Waals surface area contributed by atoms with Gasteiger partial charge in [0.05, 0.1) is 11.8 Å². The number of ether oxygens (including phenoxy) is 2. The summed E-state index contributed by atoms with van der Waals surface area (Å²) in [4.78, 5) is 39.1. The molecule has 0 aromatic rings. The lowest BCUT2D eigenvalue weighted by Gasteiger charge is -2.74. The van der Waals surface area contributed by atoms with Gasteiger partial charge in [-0.1, -0.05) is 65.8 Å². The van der Waals surface area contributed by atoms with Crippen molar-refractivity contribution >= 4 is 17.9 Å². The monoisotopic (exact) mass is 536 g/mol. The van der Waals surface area contributed by atoms with Gasteiger partial charge in [-0.15, -0.1) is 0 Å². The van der Waals surface area contributed by atoms with Crippen molar-refractivity contribution in [3.05, 3.63) is 24.3 Å². The maximum atomic E-state index is 13.7. The first-order valence-corrected chi connectivity index (χ1v) is 15.6.